The van der Waals surface area contributed by atoms with Gasteiger partial charge in [0.05, 0.1) is 21.3 Å². The fourth-order valence-electron chi connectivity index (χ4n) is 2.77. The molecule has 0 saturated carbocycles. The molecule has 0 spiro atoms. The summed E-state index contributed by atoms with van der Waals surface area (Å²) in [7, 11) is -5.83. The summed E-state index contributed by atoms with van der Waals surface area (Å²) in [5.74, 6) is -0.751. The summed E-state index contributed by atoms with van der Waals surface area (Å²) in [4.78, 5) is -0.387. The van der Waals surface area contributed by atoms with Crippen LogP contribution in [0.25, 0.3) is 0 Å². The molecule has 0 fully saturated rings. The fraction of sp³-hybridized carbons (Fsp3) is 0.0500. The van der Waals surface area contributed by atoms with Gasteiger partial charge < -0.3 is 5.73 Å². The van der Waals surface area contributed by atoms with Crippen LogP contribution in [0, 0.1) is 5.82 Å². The van der Waals surface area contributed by atoms with Gasteiger partial charge in [-0.05, 0) is 48.5 Å². The van der Waals surface area contributed by atoms with Gasteiger partial charge in [-0.1, -0.05) is 18.2 Å². The minimum absolute atomic E-state index is 0.00457. The van der Waals surface area contributed by atoms with E-state index >= 15 is 0 Å². The highest BCUT2D eigenvalue weighted by atomic mass is 32.2. The Hall–Kier alpha value is -3.04. The smallest absolute Gasteiger partial charge is 0.263 e. The number of nitrogen functional groups attached to an aromatic ring is 1. The van der Waals surface area contributed by atoms with Crippen LogP contribution in [0.5, 0.6) is 0 Å². The number of nitrogens with one attached hydrogen (secondary N) is 1. The second-order valence-electron chi connectivity index (χ2n) is 6.23. The third-order valence-electron chi connectivity index (χ3n) is 4.19. The van der Waals surface area contributed by atoms with Gasteiger partial charge in [0.15, 0.2) is 0 Å². The molecule has 0 saturated heterocycles. The molecule has 1 unspecified atom stereocenters. The highest BCUT2D eigenvalue weighted by molar-refractivity contribution is 7.93. The van der Waals surface area contributed by atoms with E-state index in [1.54, 1.807) is 12.1 Å². The van der Waals surface area contributed by atoms with Crippen LogP contribution in [0.1, 0.15) is 11.1 Å². The van der Waals surface area contributed by atoms with Crippen molar-refractivity contribution < 1.29 is 22.4 Å². The van der Waals surface area contributed by atoms with Crippen LogP contribution >= 0.6 is 0 Å². The number of halogens is 1. The Bertz CT molecular complexity index is 1210. The molecule has 0 aliphatic rings. The van der Waals surface area contributed by atoms with Crippen LogP contribution < -0.4 is 15.9 Å². The molecule has 0 aliphatic heterocycles. The van der Waals surface area contributed by atoms with E-state index in [1.165, 1.54) is 30.5 Å². The number of sulfonamides is 1. The highest BCUT2D eigenvalue weighted by Crippen LogP contribution is 2.25. The Morgan fingerprint density at radius 3 is 2.41 bits per heavy atom. The lowest BCUT2D eigenvalue weighted by Crippen LogP contribution is -2.41. The Kier molecular flexibility index (Phi) is 5.81. The van der Waals surface area contributed by atoms with Gasteiger partial charge >= 0.3 is 0 Å². The Balaban J connectivity index is 2.00. The number of benzene rings is 3. The van der Waals surface area contributed by atoms with E-state index in [1.807, 2.05) is 18.2 Å². The van der Waals surface area contributed by atoms with Gasteiger partial charge in [0.1, 0.15) is 10.7 Å². The average molecular weight is 433 g/mol. The number of anilines is 2. The topological polar surface area (TPSA) is 115 Å². The quantitative estimate of drug-likeness (QED) is 0.405. The SMILES string of the molecule is CS(=O)c1ccc(F)cc1S(=O)(=O)Nc1ccc(N)c(C(=[NH2+])c2ccccc2)c1. The molecule has 0 bridgehead atoms. The maximum absolute atomic E-state index is 13.7. The zero-order valence-corrected chi connectivity index (χ0v) is 17.1. The average Bonchev–Trinajstić information content (AvgIpc) is 2.69. The van der Waals surface area contributed by atoms with Crippen molar-refractivity contribution in [2.75, 3.05) is 16.7 Å². The van der Waals surface area contributed by atoms with Crippen LogP contribution in [0.4, 0.5) is 15.8 Å². The first-order valence-electron chi connectivity index (χ1n) is 8.42. The Morgan fingerprint density at radius 2 is 1.76 bits per heavy atom. The van der Waals surface area contributed by atoms with Crippen LogP contribution in [-0.4, -0.2) is 24.6 Å². The molecule has 9 heteroatoms. The first-order valence-corrected chi connectivity index (χ1v) is 11.5. The Morgan fingerprint density at radius 1 is 1.07 bits per heavy atom. The molecule has 29 heavy (non-hydrogen) atoms. The van der Waals surface area contributed by atoms with Crippen molar-refractivity contribution >= 4 is 37.9 Å². The number of hydrogen-bond donors (Lipinski definition) is 3. The third kappa shape index (κ3) is 4.52. The predicted octanol–water partition coefficient (Wildman–Crippen LogP) is 1.54. The molecule has 150 valence electrons. The predicted molar refractivity (Wildman–Crippen MR) is 112 cm³/mol. The maximum Gasteiger partial charge on any atom is 0.263 e. The van der Waals surface area contributed by atoms with Crippen LogP contribution in [-0.2, 0) is 20.8 Å². The van der Waals surface area contributed by atoms with Gasteiger partial charge in [0, 0.05) is 23.2 Å². The molecule has 1 atom stereocenters. The first-order chi connectivity index (χ1) is 13.7. The van der Waals surface area contributed by atoms with E-state index in [0.717, 1.165) is 17.7 Å². The lowest BCUT2D eigenvalue weighted by Gasteiger charge is -2.13. The zero-order chi connectivity index (χ0) is 21.2. The molecule has 3 aromatic rings. The van der Waals surface area contributed by atoms with E-state index in [0.29, 0.717) is 17.0 Å². The summed E-state index contributed by atoms with van der Waals surface area (Å²) in [6.07, 6.45) is 1.32. The number of rotatable bonds is 6. The van der Waals surface area contributed by atoms with Crippen LogP contribution in [0.2, 0.25) is 0 Å². The second kappa shape index (κ2) is 8.14. The third-order valence-corrected chi connectivity index (χ3v) is 6.71. The summed E-state index contributed by atoms with van der Waals surface area (Å²) in [6, 6.07) is 16.7. The lowest BCUT2D eigenvalue weighted by atomic mass is 10.0. The van der Waals surface area contributed by atoms with Gasteiger partial charge in [-0.25, -0.2) is 12.8 Å². The van der Waals surface area contributed by atoms with Crippen LogP contribution in [0.15, 0.2) is 76.5 Å². The van der Waals surface area contributed by atoms with Crippen molar-refractivity contribution in [2.24, 2.45) is 0 Å². The highest BCUT2D eigenvalue weighted by Gasteiger charge is 2.23. The standard InChI is InChI=1S/C20H18FN3O3S2/c1-28(25)18-10-7-14(21)11-19(18)29(26,27)24-15-8-9-17(22)16(12-15)20(23)13-5-3-2-4-6-13/h2-12,23-24H,22H2,1H3/p+1. The van der Waals surface area contributed by atoms with Crippen molar-refractivity contribution in [3.05, 3.63) is 83.7 Å². The molecule has 0 amide bonds. The van der Waals surface area contributed by atoms with E-state index in [-0.39, 0.29) is 10.6 Å². The second-order valence-corrected chi connectivity index (χ2v) is 9.23. The van der Waals surface area contributed by atoms with Gasteiger partial charge in [-0.2, -0.15) is 0 Å². The zero-order valence-electron chi connectivity index (χ0n) is 15.4. The van der Waals surface area contributed by atoms with E-state index in [9.17, 15) is 17.0 Å². The summed E-state index contributed by atoms with van der Waals surface area (Å²) >= 11 is 0. The Labute approximate surface area is 170 Å². The minimum atomic E-state index is -4.21. The van der Waals surface area contributed by atoms with Crippen molar-refractivity contribution in [1.82, 2.24) is 0 Å². The lowest BCUT2D eigenvalue weighted by molar-refractivity contribution is -0.111. The maximum atomic E-state index is 13.7. The summed E-state index contributed by atoms with van der Waals surface area (Å²) in [5.41, 5.74) is 8.14. The van der Waals surface area contributed by atoms with Crippen molar-refractivity contribution in [1.29, 1.82) is 0 Å². The monoisotopic (exact) mass is 432 g/mol. The van der Waals surface area contributed by atoms with E-state index < -0.39 is 31.5 Å². The summed E-state index contributed by atoms with van der Waals surface area (Å²) in [6.45, 7) is 0. The minimum Gasteiger partial charge on any atom is -0.398 e. The summed E-state index contributed by atoms with van der Waals surface area (Å²) < 4.78 is 53.6. The molecule has 0 aromatic heterocycles. The molecule has 0 radical (unpaired) electrons. The van der Waals surface area contributed by atoms with Crippen LogP contribution in [0.3, 0.4) is 0 Å². The van der Waals surface area contributed by atoms with Gasteiger partial charge in [0.2, 0.25) is 5.71 Å². The normalized spacial score (nSPS) is 12.3. The molecule has 3 rings (SSSR count). The van der Waals surface area contributed by atoms with E-state index in [4.69, 9.17) is 11.1 Å². The largest absolute Gasteiger partial charge is 0.398 e. The molecule has 3 aromatic carbocycles. The van der Waals surface area contributed by atoms with Gasteiger partial charge in [0.25, 0.3) is 10.0 Å². The molecule has 0 heterocycles. The van der Waals surface area contributed by atoms with Crippen molar-refractivity contribution in [2.45, 2.75) is 9.79 Å². The van der Waals surface area contributed by atoms with Gasteiger partial charge in [-0.15, -0.1) is 0 Å². The molecular weight excluding hydrogens is 413 g/mol. The molecule has 5 N–H and O–H groups in total. The number of nitrogens with two attached hydrogens (primary N) is 2. The summed E-state index contributed by atoms with van der Waals surface area (Å²) in [5, 5.41) is 6.21. The fourth-order valence-corrected chi connectivity index (χ4v) is 5.20. The van der Waals surface area contributed by atoms with Crippen molar-refractivity contribution in [3.63, 3.8) is 0 Å². The van der Waals surface area contributed by atoms with Crippen molar-refractivity contribution in [3.8, 4) is 0 Å². The van der Waals surface area contributed by atoms with Gasteiger partial charge in [-0.3, -0.25) is 14.3 Å². The molecule has 0 aliphatic carbocycles. The molecule has 6 nitrogen and oxygen atoms in total. The van der Waals surface area contributed by atoms with E-state index in [2.05, 4.69) is 4.72 Å². The molecular formula is C20H19FN3O3S2+. The first kappa shape index (κ1) is 20.7. The number of hydrogen-bond acceptors (Lipinski definition) is 4.